The van der Waals surface area contributed by atoms with E-state index in [4.69, 9.17) is 16.3 Å². The smallest absolute Gasteiger partial charge is 0.317 e. The van der Waals surface area contributed by atoms with E-state index in [-0.39, 0.29) is 12.1 Å². The van der Waals surface area contributed by atoms with Crippen molar-refractivity contribution < 1.29 is 9.53 Å². The summed E-state index contributed by atoms with van der Waals surface area (Å²) in [5.74, 6) is 0.753. The number of halogens is 1. The molecule has 0 saturated carbocycles. The van der Waals surface area contributed by atoms with Crippen molar-refractivity contribution in [2.75, 3.05) is 52.9 Å². The number of hydrogen-bond donors (Lipinski definition) is 1. The molecule has 2 aliphatic rings. The molecule has 7 heteroatoms. The van der Waals surface area contributed by atoms with E-state index in [2.05, 4.69) is 29.1 Å². The molecule has 6 nitrogen and oxygen atoms in total. The normalized spacial score (nSPS) is 20.5. The van der Waals surface area contributed by atoms with E-state index in [9.17, 15) is 4.79 Å². The number of hydrogen-bond acceptors (Lipinski definition) is 4. The summed E-state index contributed by atoms with van der Waals surface area (Å²) in [7, 11) is 2.16. The van der Waals surface area contributed by atoms with Crippen LogP contribution in [0.5, 0.6) is 5.75 Å². The molecule has 2 amide bonds. The minimum absolute atomic E-state index is 0.00326. The van der Waals surface area contributed by atoms with Crippen LogP contribution >= 0.6 is 11.6 Å². The van der Waals surface area contributed by atoms with Crippen molar-refractivity contribution >= 4 is 17.6 Å². The molecule has 1 unspecified atom stereocenters. The van der Waals surface area contributed by atoms with Crippen LogP contribution in [-0.4, -0.2) is 85.7 Å². The van der Waals surface area contributed by atoms with Crippen LogP contribution in [0.4, 0.5) is 4.79 Å². The molecule has 0 radical (unpaired) electrons. The van der Waals surface area contributed by atoms with Gasteiger partial charge in [0.15, 0.2) is 0 Å². The highest BCUT2D eigenvalue weighted by molar-refractivity contribution is 6.30. The van der Waals surface area contributed by atoms with Crippen molar-refractivity contribution in [3.05, 3.63) is 29.3 Å². The van der Waals surface area contributed by atoms with Gasteiger partial charge in [-0.05, 0) is 31.7 Å². The maximum Gasteiger partial charge on any atom is 0.317 e. The maximum atomic E-state index is 12.3. The highest BCUT2D eigenvalue weighted by Gasteiger charge is 2.32. The van der Waals surface area contributed by atoms with Crippen molar-refractivity contribution in [3.63, 3.8) is 0 Å². The van der Waals surface area contributed by atoms with Crippen molar-refractivity contribution in [2.24, 2.45) is 0 Å². The number of benzene rings is 1. The summed E-state index contributed by atoms with van der Waals surface area (Å²) in [6.07, 6.45) is 1.09. The number of carbonyl (C=O) groups is 1. The second-order valence-corrected chi connectivity index (χ2v) is 7.63. The zero-order valence-corrected chi connectivity index (χ0v) is 16.4. The van der Waals surface area contributed by atoms with E-state index >= 15 is 0 Å². The number of likely N-dealkylation sites (N-methyl/N-ethyl adjacent to an activating group) is 1. The van der Waals surface area contributed by atoms with Gasteiger partial charge in [0.2, 0.25) is 0 Å². The first-order valence-corrected chi connectivity index (χ1v) is 9.80. The molecule has 1 aromatic carbocycles. The number of carbonyl (C=O) groups excluding carboxylic acids is 1. The molecular weight excluding hydrogens is 352 g/mol. The van der Waals surface area contributed by atoms with Crippen LogP contribution in [0.1, 0.15) is 13.3 Å². The van der Waals surface area contributed by atoms with E-state index in [0.29, 0.717) is 30.7 Å². The SMILES string of the molecule is CCC(CNC(=O)N1CC(Oc2cccc(Cl)c2)C1)N1CCN(C)CC1. The first-order valence-electron chi connectivity index (χ1n) is 9.42. The molecule has 0 aromatic heterocycles. The van der Waals surface area contributed by atoms with Gasteiger partial charge in [-0.2, -0.15) is 0 Å². The van der Waals surface area contributed by atoms with Crippen molar-refractivity contribution in [3.8, 4) is 5.75 Å². The summed E-state index contributed by atoms with van der Waals surface area (Å²) in [6.45, 7) is 8.46. The third kappa shape index (κ3) is 5.02. The van der Waals surface area contributed by atoms with Crippen LogP contribution in [0.25, 0.3) is 0 Å². The Kier molecular flexibility index (Phi) is 6.62. The van der Waals surface area contributed by atoms with Crippen molar-refractivity contribution in [1.82, 2.24) is 20.0 Å². The lowest BCUT2D eigenvalue weighted by Crippen LogP contribution is -2.60. The number of amides is 2. The average Bonchev–Trinajstić information content (AvgIpc) is 2.59. The van der Waals surface area contributed by atoms with Crippen molar-refractivity contribution in [2.45, 2.75) is 25.5 Å². The average molecular weight is 381 g/mol. The Labute approximate surface area is 161 Å². The molecule has 144 valence electrons. The summed E-state index contributed by atoms with van der Waals surface area (Å²) < 4.78 is 5.84. The van der Waals surface area contributed by atoms with Gasteiger partial charge in [-0.3, -0.25) is 4.90 Å². The Bertz CT molecular complexity index is 601. The highest BCUT2D eigenvalue weighted by Crippen LogP contribution is 2.21. The third-order valence-electron chi connectivity index (χ3n) is 5.25. The summed E-state index contributed by atoms with van der Waals surface area (Å²) in [6, 6.07) is 7.78. The first-order chi connectivity index (χ1) is 12.5. The van der Waals surface area contributed by atoms with Crippen LogP contribution < -0.4 is 10.1 Å². The monoisotopic (exact) mass is 380 g/mol. The van der Waals surface area contributed by atoms with Crippen LogP contribution in [0, 0.1) is 0 Å². The molecule has 1 atom stereocenters. The number of likely N-dealkylation sites (tertiary alicyclic amines) is 1. The van der Waals surface area contributed by atoms with Gasteiger partial charge in [0, 0.05) is 43.8 Å². The molecule has 2 fully saturated rings. The Balaban J connectivity index is 1.38. The van der Waals surface area contributed by atoms with Crippen molar-refractivity contribution in [1.29, 1.82) is 0 Å². The number of urea groups is 1. The Morgan fingerprint density at radius 1 is 1.31 bits per heavy atom. The molecule has 3 rings (SSSR count). The zero-order chi connectivity index (χ0) is 18.5. The lowest BCUT2D eigenvalue weighted by atomic mass is 10.1. The fourth-order valence-corrected chi connectivity index (χ4v) is 3.63. The van der Waals surface area contributed by atoms with E-state index in [1.807, 2.05) is 18.2 Å². The van der Waals surface area contributed by atoms with Gasteiger partial charge in [-0.25, -0.2) is 4.79 Å². The van der Waals surface area contributed by atoms with E-state index in [1.165, 1.54) is 0 Å². The number of ether oxygens (including phenoxy) is 1. The predicted octanol–water partition coefficient (Wildman–Crippen LogP) is 2.14. The number of rotatable bonds is 6. The fourth-order valence-electron chi connectivity index (χ4n) is 3.45. The molecule has 0 spiro atoms. The summed E-state index contributed by atoms with van der Waals surface area (Å²) in [5.41, 5.74) is 0. The summed E-state index contributed by atoms with van der Waals surface area (Å²) in [5, 5.41) is 3.75. The molecule has 1 N–H and O–H groups in total. The lowest BCUT2D eigenvalue weighted by molar-refractivity contribution is 0.0429. The third-order valence-corrected chi connectivity index (χ3v) is 5.48. The van der Waals surface area contributed by atoms with Gasteiger partial charge in [-0.15, -0.1) is 0 Å². The summed E-state index contributed by atoms with van der Waals surface area (Å²) in [4.78, 5) is 19.0. The van der Waals surface area contributed by atoms with Crippen LogP contribution in [0.3, 0.4) is 0 Å². The highest BCUT2D eigenvalue weighted by atomic mass is 35.5. The molecule has 0 aliphatic carbocycles. The quantitative estimate of drug-likeness (QED) is 0.821. The molecule has 2 aliphatic heterocycles. The molecule has 2 heterocycles. The predicted molar refractivity (Wildman–Crippen MR) is 104 cm³/mol. The van der Waals surface area contributed by atoms with Gasteiger partial charge < -0.3 is 19.9 Å². The maximum absolute atomic E-state index is 12.3. The Hall–Kier alpha value is -1.50. The number of nitrogens with zero attached hydrogens (tertiary/aromatic N) is 3. The van der Waals surface area contributed by atoms with Gasteiger partial charge in [0.1, 0.15) is 11.9 Å². The minimum Gasteiger partial charge on any atom is -0.487 e. The van der Waals surface area contributed by atoms with Gasteiger partial charge in [0.05, 0.1) is 13.1 Å². The van der Waals surface area contributed by atoms with Gasteiger partial charge in [0.25, 0.3) is 0 Å². The molecule has 26 heavy (non-hydrogen) atoms. The first kappa shape index (κ1) is 19.3. The Morgan fingerprint density at radius 3 is 2.69 bits per heavy atom. The van der Waals surface area contributed by atoms with E-state index < -0.39 is 0 Å². The molecule has 0 bridgehead atoms. The second kappa shape index (κ2) is 8.93. The van der Waals surface area contributed by atoms with Crippen LogP contribution in [0.15, 0.2) is 24.3 Å². The van der Waals surface area contributed by atoms with Gasteiger partial charge in [-0.1, -0.05) is 24.6 Å². The van der Waals surface area contributed by atoms with Crippen LogP contribution in [-0.2, 0) is 0 Å². The van der Waals surface area contributed by atoms with E-state index in [1.54, 1.807) is 11.0 Å². The second-order valence-electron chi connectivity index (χ2n) is 7.19. The minimum atomic E-state index is 0.00326. The molecule has 1 aromatic rings. The van der Waals surface area contributed by atoms with Crippen LogP contribution in [0.2, 0.25) is 5.02 Å². The Morgan fingerprint density at radius 2 is 2.04 bits per heavy atom. The fraction of sp³-hybridized carbons (Fsp3) is 0.632. The summed E-state index contributed by atoms with van der Waals surface area (Å²) >= 11 is 5.96. The zero-order valence-electron chi connectivity index (χ0n) is 15.7. The number of piperazine rings is 1. The van der Waals surface area contributed by atoms with Gasteiger partial charge >= 0.3 is 6.03 Å². The van der Waals surface area contributed by atoms with E-state index in [0.717, 1.165) is 38.3 Å². The topological polar surface area (TPSA) is 48.1 Å². The number of nitrogens with one attached hydrogen (secondary N) is 1. The lowest BCUT2D eigenvalue weighted by Gasteiger charge is -2.40. The largest absolute Gasteiger partial charge is 0.487 e. The molecule has 2 saturated heterocycles. The standard InChI is InChI=1S/C19H29ClN4O2/c1-3-16(23-9-7-22(2)8-10-23)12-21-19(25)24-13-18(14-24)26-17-6-4-5-15(20)11-17/h4-6,11,16,18H,3,7-10,12-14H2,1-2H3,(H,21,25). The molecular formula is C19H29ClN4O2.